The number of benzene rings is 2. The summed E-state index contributed by atoms with van der Waals surface area (Å²) in [5, 5.41) is 7.51. The number of halogens is 2. The Bertz CT molecular complexity index is 1020. The van der Waals surface area contributed by atoms with Crippen molar-refractivity contribution in [2.75, 3.05) is 19.3 Å². The summed E-state index contributed by atoms with van der Waals surface area (Å²) in [6.45, 7) is 5.89. The van der Waals surface area contributed by atoms with Gasteiger partial charge >= 0.3 is 0 Å². The zero-order chi connectivity index (χ0) is 21.1. The minimum Gasteiger partial charge on any atom is -0.357 e. The van der Waals surface area contributed by atoms with Gasteiger partial charge in [-0.2, -0.15) is 0 Å². The average molecular weight is 562 g/mol. The molecule has 1 aliphatic carbocycles. The summed E-state index contributed by atoms with van der Waals surface area (Å²) in [5.41, 5.74) is 3.11. The van der Waals surface area contributed by atoms with E-state index in [1.54, 1.807) is 6.07 Å². The third-order valence-corrected chi connectivity index (χ3v) is 6.78. The van der Waals surface area contributed by atoms with Gasteiger partial charge in [0.25, 0.3) is 0 Å². The monoisotopic (exact) mass is 561 g/mol. The smallest absolute Gasteiger partial charge is 0.191 e. The van der Waals surface area contributed by atoms with Crippen LogP contribution in [0.2, 0.25) is 5.02 Å². The molecule has 2 aromatic rings. The number of aryl methyl sites for hydroxylation is 1. The summed E-state index contributed by atoms with van der Waals surface area (Å²) in [4.78, 5) is 5.05. The fraction of sp³-hybridized carbons (Fsp3) is 0.409. The van der Waals surface area contributed by atoms with Crippen LogP contribution in [0.4, 0.5) is 0 Å². The first kappa shape index (κ1) is 24.9. The minimum absolute atomic E-state index is 0. The van der Waals surface area contributed by atoms with Crippen molar-refractivity contribution >= 4 is 51.4 Å². The number of hydrogen-bond donors (Lipinski definition) is 2. The van der Waals surface area contributed by atoms with Crippen molar-refractivity contribution < 1.29 is 8.42 Å². The van der Waals surface area contributed by atoms with Gasteiger partial charge in [0.05, 0.1) is 11.4 Å². The molecule has 0 saturated heterocycles. The van der Waals surface area contributed by atoms with Crippen LogP contribution < -0.4 is 10.6 Å². The van der Waals surface area contributed by atoms with Gasteiger partial charge in [0, 0.05) is 29.8 Å². The summed E-state index contributed by atoms with van der Waals surface area (Å²) in [7, 11) is -3.21. The third-order valence-electron chi connectivity index (χ3n) is 5.29. The zero-order valence-corrected chi connectivity index (χ0v) is 21.4. The highest BCUT2D eigenvalue weighted by Gasteiger charge is 2.44. The van der Waals surface area contributed by atoms with Crippen molar-refractivity contribution in [1.29, 1.82) is 0 Å². The van der Waals surface area contributed by atoms with Gasteiger partial charge in [-0.15, -0.1) is 24.0 Å². The van der Waals surface area contributed by atoms with Gasteiger partial charge < -0.3 is 10.6 Å². The van der Waals surface area contributed by atoms with Crippen LogP contribution in [0.1, 0.15) is 36.5 Å². The quantitative estimate of drug-likeness (QED) is 0.298. The highest BCUT2D eigenvalue weighted by atomic mass is 127. The Hall–Kier alpha value is -1.32. The molecule has 3 rings (SSSR count). The molecule has 0 amide bonds. The summed E-state index contributed by atoms with van der Waals surface area (Å²) in [6, 6.07) is 13.5. The van der Waals surface area contributed by atoms with Crippen LogP contribution in [0.5, 0.6) is 0 Å². The lowest BCUT2D eigenvalue weighted by Crippen LogP contribution is -2.41. The largest absolute Gasteiger partial charge is 0.357 e. The fourth-order valence-electron chi connectivity index (χ4n) is 3.53. The molecule has 0 aliphatic heterocycles. The summed E-state index contributed by atoms with van der Waals surface area (Å²) in [6.07, 6.45) is 3.49. The Morgan fingerprint density at radius 1 is 1.17 bits per heavy atom. The van der Waals surface area contributed by atoms with E-state index in [-0.39, 0.29) is 29.4 Å². The molecule has 30 heavy (non-hydrogen) atoms. The van der Waals surface area contributed by atoms with Crippen LogP contribution in [-0.4, -0.2) is 33.7 Å². The first-order chi connectivity index (χ1) is 13.7. The molecule has 2 N–H and O–H groups in total. The number of sulfone groups is 1. The third kappa shape index (κ3) is 6.34. The van der Waals surface area contributed by atoms with Crippen molar-refractivity contribution in [3.8, 4) is 0 Å². The van der Waals surface area contributed by atoms with Gasteiger partial charge in [-0.25, -0.2) is 13.4 Å². The van der Waals surface area contributed by atoms with Crippen LogP contribution in [0.15, 0.2) is 52.4 Å². The van der Waals surface area contributed by atoms with Crippen LogP contribution in [-0.2, 0) is 21.8 Å². The lowest BCUT2D eigenvalue weighted by atomic mass is 9.96. The SMILES string of the molecule is CCNC(=NCc1ccc(S(C)(=O)=O)c(C)c1)NCC1(c2cccc(Cl)c2)CC1.I. The van der Waals surface area contributed by atoms with E-state index in [4.69, 9.17) is 11.6 Å². The lowest BCUT2D eigenvalue weighted by molar-refractivity contribution is 0.601. The van der Waals surface area contributed by atoms with Crippen molar-refractivity contribution in [2.45, 2.75) is 43.5 Å². The average Bonchev–Trinajstić information content (AvgIpc) is 3.44. The van der Waals surface area contributed by atoms with Crippen molar-refractivity contribution in [1.82, 2.24) is 10.6 Å². The van der Waals surface area contributed by atoms with E-state index in [0.29, 0.717) is 11.4 Å². The van der Waals surface area contributed by atoms with Gasteiger partial charge in [-0.3, -0.25) is 0 Å². The molecule has 1 saturated carbocycles. The van der Waals surface area contributed by atoms with Gasteiger partial charge in [0.15, 0.2) is 15.8 Å². The van der Waals surface area contributed by atoms with Crippen molar-refractivity contribution in [3.63, 3.8) is 0 Å². The molecule has 5 nitrogen and oxygen atoms in total. The molecule has 0 aromatic heterocycles. The predicted octanol–water partition coefficient (Wildman–Crippen LogP) is 4.46. The molecule has 164 valence electrons. The van der Waals surface area contributed by atoms with Gasteiger partial charge in [0.1, 0.15) is 0 Å². The second-order valence-corrected chi connectivity index (χ2v) is 10.1. The fourth-order valence-corrected chi connectivity index (χ4v) is 4.68. The Morgan fingerprint density at radius 3 is 2.47 bits per heavy atom. The molecule has 0 atom stereocenters. The molecule has 1 fully saturated rings. The van der Waals surface area contributed by atoms with Crippen LogP contribution in [0, 0.1) is 6.92 Å². The Balaban J connectivity index is 0.00000320. The first-order valence-electron chi connectivity index (χ1n) is 9.81. The van der Waals surface area contributed by atoms with E-state index >= 15 is 0 Å². The standard InChI is InChI=1S/C22H28ClN3O2S.HI/c1-4-24-21(25-14-17-8-9-20(16(2)12-17)29(3,27)28)26-15-22(10-11-22)18-6-5-7-19(23)13-18;/h5-9,12-13H,4,10-11,14-15H2,1-3H3,(H2,24,25,26);1H. The molecule has 0 bridgehead atoms. The molecule has 0 spiro atoms. The molecule has 2 aromatic carbocycles. The molecular formula is C22H29ClIN3O2S. The Labute approximate surface area is 201 Å². The number of rotatable bonds is 7. The molecule has 8 heteroatoms. The summed E-state index contributed by atoms with van der Waals surface area (Å²) in [5.74, 6) is 0.755. The highest BCUT2D eigenvalue weighted by Crippen LogP contribution is 2.48. The first-order valence-corrected chi connectivity index (χ1v) is 12.1. The van der Waals surface area contributed by atoms with Gasteiger partial charge in [-0.1, -0.05) is 35.9 Å². The van der Waals surface area contributed by atoms with Gasteiger partial charge in [-0.05, 0) is 61.6 Å². The minimum atomic E-state index is -3.21. The lowest BCUT2D eigenvalue weighted by Gasteiger charge is -2.19. The Kier molecular flexibility index (Phi) is 8.59. The van der Waals surface area contributed by atoms with E-state index in [9.17, 15) is 8.42 Å². The maximum atomic E-state index is 11.8. The number of hydrogen-bond acceptors (Lipinski definition) is 3. The molecule has 0 radical (unpaired) electrons. The molecule has 0 heterocycles. The topological polar surface area (TPSA) is 70.6 Å². The maximum Gasteiger partial charge on any atom is 0.191 e. The number of nitrogens with zero attached hydrogens (tertiary/aromatic N) is 1. The zero-order valence-electron chi connectivity index (χ0n) is 17.5. The van der Waals surface area contributed by atoms with Crippen LogP contribution in [0.3, 0.4) is 0 Å². The molecular weight excluding hydrogens is 533 g/mol. The van der Waals surface area contributed by atoms with E-state index < -0.39 is 9.84 Å². The maximum absolute atomic E-state index is 11.8. The molecule has 0 unspecified atom stereocenters. The van der Waals surface area contributed by atoms with Crippen LogP contribution in [0.25, 0.3) is 0 Å². The number of guanidine groups is 1. The van der Waals surface area contributed by atoms with E-state index in [2.05, 4.69) is 21.7 Å². The Morgan fingerprint density at radius 2 is 1.90 bits per heavy atom. The normalized spacial score (nSPS) is 15.3. The van der Waals surface area contributed by atoms with Crippen molar-refractivity contribution in [3.05, 3.63) is 64.2 Å². The summed E-state index contributed by atoms with van der Waals surface area (Å²) < 4.78 is 23.6. The van der Waals surface area contributed by atoms with E-state index in [1.807, 2.05) is 44.2 Å². The highest BCUT2D eigenvalue weighted by molar-refractivity contribution is 14.0. The second-order valence-electron chi connectivity index (χ2n) is 7.71. The number of aliphatic imine (C=N–C) groups is 1. The van der Waals surface area contributed by atoms with Crippen molar-refractivity contribution in [2.24, 2.45) is 4.99 Å². The van der Waals surface area contributed by atoms with Gasteiger partial charge in [0.2, 0.25) is 0 Å². The number of nitrogens with one attached hydrogen (secondary N) is 2. The van der Waals surface area contributed by atoms with E-state index in [0.717, 1.165) is 48.0 Å². The summed E-state index contributed by atoms with van der Waals surface area (Å²) >= 11 is 6.17. The van der Waals surface area contributed by atoms with Crippen LogP contribution >= 0.6 is 35.6 Å². The van der Waals surface area contributed by atoms with E-state index in [1.165, 1.54) is 11.8 Å². The molecule has 1 aliphatic rings. The predicted molar refractivity (Wildman–Crippen MR) is 135 cm³/mol. The second kappa shape index (κ2) is 10.3.